The third kappa shape index (κ3) is 3.89. The number of nitrogens with zero attached hydrogens (tertiary/aromatic N) is 1. The first-order valence-corrected chi connectivity index (χ1v) is 10.8. The molecule has 0 radical (unpaired) electrons. The lowest BCUT2D eigenvalue weighted by atomic mass is 10.1. The fourth-order valence-electron chi connectivity index (χ4n) is 3.38. The van der Waals surface area contributed by atoms with Crippen molar-refractivity contribution in [2.75, 3.05) is 18.3 Å². The SMILES string of the molecule is O=C(c1ccc(Cl)cc1)N(Cc1ccc2c(c1)OCO2)C1CCS(=O)(=O)C1. The van der Waals surface area contributed by atoms with E-state index in [1.54, 1.807) is 35.2 Å². The molecule has 8 heteroatoms. The lowest BCUT2D eigenvalue weighted by molar-refractivity contribution is 0.0680. The Bertz CT molecular complexity index is 974. The zero-order valence-electron chi connectivity index (χ0n) is 14.4. The molecule has 0 aliphatic carbocycles. The molecule has 1 saturated heterocycles. The van der Waals surface area contributed by atoms with Crippen LogP contribution in [0.15, 0.2) is 42.5 Å². The highest BCUT2D eigenvalue weighted by atomic mass is 35.5. The maximum Gasteiger partial charge on any atom is 0.254 e. The summed E-state index contributed by atoms with van der Waals surface area (Å²) in [5.74, 6) is 1.16. The van der Waals surface area contributed by atoms with Crippen LogP contribution in [0.3, 0.4) is 0 Å². The van der Waals surface area contributed by atoms with Gasteiger partial charge in [0.15, 0.2) is 21.3 Å². The fraction of sp³-hybridized carbons (Fsp3) is 0.316. The number of fused-ring (bicyclic) bond motifs is 1. The van der Waals surface area contributed by atoms with Gasteiger partial charge in [-0.2, -0.15) is 0 Å². The molecule has 2 aromatic rings. The first-order chi connectivity index (χ1) is 12.9. The second kappa shape index (κ2) is 7.05. The Kier molecular flexibility index (Phi) is 4.74. The fourth-order valence-corrected chi connectivity index (χ4v) is 5.24. The van der Waals surface area contributed by atoms with Gasteiger partial charge in [0.05, 0.1) is 11.5 Å². The number of amides is 1. The van der Waals surface area contributed by atoms with Crippen LogP contribution in [0, 0.1) is 0 Å². The zero-order chi connectivity index (χ0) is 19.0. The summed E-state index contributed by atoms with van der Waals surface area (Å²) in [5, 5.41) is 0.539. The number of hydrogen-bond acceptors (Lipinski definition) is 5. The molecule has 4 rings (SSSR count). The number of carbonyl (C=O) groups excluding carboxylic acids is 1. The zero-order valence-corrected chi connectivity index (χ0v) is 16.0. The molecule has 0 saturated carbocycles. The van der Waals surface area contributed by atoms with Crippen LogP contribution in [0.5, 0.6) is 11.5 Å². The maximum atomic E-state index is 13.1. The summed E-state index contributed by atoms with van der Waals surface area (Å²) >= 11 is 5.91. The van der Waals surface area contributed by atoms with Crippen LogP contribution >= 0.6 is 11.6 Å². The smallest absolute Gasteiger partial charge is 0.254 e. The van der Waals surface area contributed by atoms with Crippen molar-refractivity contribution in [2.45, 2.75) is 19.0 Å². The van der Waals surface area contributed by atoms with E-state index in [-0.39, 0.29) is 36.8 Å². The molecule has 0 N–H and O–H groups in total. The van der Waals surface area contributed by atoms with Crippen LogP contribution < -0.4 is 9.47 Å². The second-order valence-electron chi connectivity index (χ2n) is 6.68. The summed E-state index contributed by atoms with van der Waals surface area (Å²) in [6.07, 6.45) is 0.437. The Labute approximate surface area is 162 Å². The molecule has 27 heavy (non-hydrogen) atoms. The lowest BCUT2D eigenvalue weighted by Crippen LogP contribution is -2.40. The van der Waals surface area contributed by atoms with E-state index in [2.05, 4.69) is 0 Å². The summed E-state index contributed by atoms with van der Waals surface area (Å²) in [6.45, 7) is 0.464. The molecule has 0 bridgehead atoms. The van der Waals surface area contributed by atoms with Gasteiger partial charge < -0.3 is 14.4 Å². The minimum Gasteiger partial charge on any atom is -0.454 e. The van der Waals surface area contributed by atoms with E-state index in [0.717, 1.165) is 5.56 Å². The highest BCUT2D eigenvalue weighted by Gasteiger charge is 2.35. The van der Waals surface area contributed by atoms with Gasteiger partial charge in [-0.05, 0) is 48.4 Å². The first-order valence-electron chi connectivity index (χ1n) is 8.57. The Hall–Kier alpha value is -2.25. The van der Waals surface area contributed by atoms with E-state index in [9.17, 15) is 13.2 Å². The number of ether oxygens (including phenoxy) is 2. The van der Waals surface area contributed by atoms with Gasteiger partial charge in [0.25, 0.3) is 5.91 Å². The normalized spacial score (nSPS) is 19.8. The standard InChI is InChI=1S/C19H18ClNO5S/c20-15-4-2-14(3-5-15)19(22)21(16-7-8-27(23,24)11-16)10-13-1-6-17-18(9-13)26-12-25-17/h1-6,9,16H,7-8,10-12H2. The quantitative estimate of drug-likeness (QED) is 0.779. The number of sulfone groups is 1. The summed E-state index contributed by atoms with van der Waals surface area (Å²) < 4.78 is 34.6. The minimum absolute atomic E-state index is 0.0170. The van der Waals surface area contributed by atoms with E-state index in [1.165, 1.54) is 0 Å². The molecule has 1 unspecified atom stereocenters. The van der Waals surface area contributed by atoms with Crippen LogP contribution in [0.25, 0.3) is 0 Å². The predicted octanol–water partition coefficient (Wildman–Crippen LogP) is 2.90. The van der Waals surface area contributed by atoms with Gasteiger partial charge in [-0.25, -0.2) is 8.42 Å². The summed E-state index contributed by atoms with van der Waals surface area (Å²) in [7, 11) is -3.12. The van der Waals surface area contributed by atoms with Gasteiger partial charge in [-0.3, -0.25) is 4.79 Å². The first kappa shape index (κ1) is 18.1. The highest BCUT2D eigenvalue weighted by Crippen LogP contribution is 2.33. The molecule has 2 heterocycles. The third-order valence-corrected chi connectivity index (χ3v) is 6.79. The van der Waals surface area contributed by atoms with Crippen LogP contribution in [0.4, 0.5) is 0 Å². The van der Waals surface area contributed by atoms with Gasteiger partial charge in [-0.15, -0.1) is 0 Å². The average Bonchev–Trinajstić information content (AvgIpc) is 3.25. The number of carbonyl (C=O) groups is 1. The Balaban J connectivity index is 1.63. The molecule has 2 aliphatic heterocycles. The molecule has 6 nitrogen and oxygen atoms in total. The molecular formula is C19H18ClNO5S. The van der Waals surface area contributed by atoms with Crippen molar-refractivity contribution in [3.8, 4) is 11.5 Å². The molecule has 1 amide bonds. The van der Waals surface area contributed by atoms with Gasteiger partial charge in [-0.1, -0.05) is 17.7 Å². The van der Waals surface area contributed by atoms with E-state index < -0.39 is 9.84 Å². The molecule has 0 aromatic heterocycles. The van der Waals surface area contributed by atoms with Gasteiger partial charge in [0.2, 0.25) is 6.79 Å². The average molecular weight is 408 g/mol. The molecule has 0 spiro atoms. The van der Waals surface area contributed by atoms with E-state index in [4.69, 9.17) is 21.1 Å². The second-order valence-corrected chi connectivity index (χ2v) is 9.35. The van der Waals surface area contributed by atoms with Crippen LogP contribution in [-0.4, -0.2) is 43.6 Å². The van der Waals surface area contributed by atoms with Crippen LogP contribution in [0.2, 0.25) is 5.02 Å². The summed E-state index contributed by atoms with van der Waals surface area (Å²) in [6, 6.07) is 11.7. The third-order valence-electron chi connectivity index (χ3n) is 4.79. The molecule has 2 aromatic carbocycles. The molecule has 142 valence electrons. The van der Waals surface area contributed by atoms with E-state index in [0.29, 0.717) is 28.5 Å². The van der Waals surface area contributed by atoms with Gasteiger partial charge >= 0.3 is 0 Å². The number of halogens is 1. The number of rotatable bonds is 4. The predicted molar refractivity (Wildman–Crippen MR) is 101 cm³/mol. The summed E-state index contributed by atoms with van der Waals surface area (Å²) in [4.78, 5) is 14.8. The monoisotopic (exact) mass is 407 g/mol. The van der Waals surface area contributed by atoms with Crippen molar-refractivity contribution in [1.82, 2.24) is 4.90 Å². The van der Waals surface area contributed by atoms with Crippen molar-refractivity contribution in [2.24, 2.45) is 0 Å². The van der Waals surface area contributed by atoms with Gasteiger partial charge in [0, 0.05) is 23.2 Å². The largest absolute Gasteiger partial charge is 0.454 e. The van der Waals surface area contributed by atoms with Crippen molar-refractivity contribution >= 4 is 27.3 Å². The van der Waals surface area contributed by atoms with Crippen LogP contribution in [0.1, 0.15) is 22.3 Å². The summed E-state index contributed by atoms with van der Waals surface area (Å²) in [5.41, 5.74) is 1.33. The van der Waals surface area contributed by atoms with E-state index >= 15 is 0 Å². The lowest BCUT2D eigenvalue weighted by Gasteiger charge is -2.28. The minimum atomic E-state index is -3.12. The highest BCUT2D eigenvalue weighted by molar-refractivity contribution is 7.91. The van der Waals surface area contributed by atoms with Crippen molar-refractivity contribution in [3.05, 3.63) is 58.6 Å². The van der Waals surface area contributed by atoms with Gasteiger partial charge in [0.1, 0.15) is 0 Å². The molecule has 1 atom stereocenters. The maximum absolute atomic E-state index is 13.1. The Morgan fingerprint density at radius 2 is 1.85 bits per heavy atom. The Morgan fingerprint density at radius 3 is 2.56 bits per heavy atom. The Morgan fingerprint density at radius 1 is 1.11 bits per heavy atom. The molecule has 2 aliphatic rings. The van der Waals surface area contributed by atoms with Crippen molar-refractivity contribution in [3.63, 3.8) is 0 Å². The molecular weight excluding hydrogens is 390 g/mol. The van der Waals surface area contributed by atoms with E-state index in [1.807, 2.05) is 12.1 Å². The number of benzene rings is 2. The van der Waals surface area contributed by atoms with Crippen molar-refractivity contribution in [1.29, 1.82) is 0 Å². The number of hydrogen-bond donors (Lipinski definition) is 0. The van der Waals surface area contributed by atoms with Crippen molar-refractivity contribution < 1.29 is 22.7 Å². The molecule has 1 fully saturated rings. The topological polar surface area (TPSA) is 72.9 Å². The van der Waals surface area contributed by atoms with Crippen LogP contribution in [-0.2, 0) is 16.4 Å².